The molecule has 1 fully saturated rings. The normalized spacial score (nSPS) is 17.9. The quantitative estimate of drug-likeness (QED) is 0.698. The number of nitrogens with zero attached hydrogens (tertiary/aromatic N) is 2. The topological polar surface area (TPSA) is 80.2 Å². The maximum atomic E-state index is 13.2. The molecule has 8 heteroatoms. The van der Waals surface area contributed by atoms with E-state index in [1.807, 2.05) is 24.3 Å². The third-order valence-corrected chi connectivity index (χ3v) is 6.35. The molecule has 2 heterocycles. The van der Waals surface area contributed by atoms with E-state index in [0.717, 1.165) is 29.7 Å². The number of benzene rings is 2. The number of carbonyl (C=O) groups is 2. The molecule has 0 bridgehead atoms. The van der Waals surface area contributed by atoms with Crippen LogP contribution in [0.3, 0.4) is 0 Å². The Balaban J connectivity index is 1.46. The van der Waals surface area contributed by atoms with Crippen molar-refractivity contribution in [3.8, 4) is 5.75 Å². The molecule has 0 aromatic heterocycles. The zero-order valence-electron chi connectivity index (χ0n) is 18.7. The van der Waals surface area contributed by atoms with Crippen molar-refractivity contribution in [1.29, 1.82) is 0 Å². The zero-order chi connectivity index (χ0) is 23.3. The van der Waals surface area contributed by atoms with Gasteiger partial charge in [0.1, 0.15) is 17.3 Å². The summed E-state index contributed by atoms with van der Waals surface area (Å²) >= 11 is 0. The van der Waals surface area contributed by atoms with Gasteiger partial charge < -0.3 is 14.8 Å². The Hall–Kier alpha value is -3.26. The molecule has 7 nitrogen and oxygen atoms in total. The zero-order valence-corrected chi connectivity index (χ0v) is 18.7. The lowest BCUT2D eigenvalue weighted by Gasteiger charge is -2.38. The van der Waals surface area contributed by atoms with Crippen molar-refractivity contribution in [3.63, 3.8) is 0 Å². The predicted molar refractivity (Wildman–Crippen MR) is 121 cm³/mol. The molecule has 2 aromatic carbocycles. The summed E-state index contributed by atoms with van der Waals surface area (Å²) in [5, 5.41) is 8.66. The predicted octanol–water partition coefficient (Wildman–Crippen LogP) is 3.18. The van der Waals surface area contributed by atoms with Gasteiger partial charge in [0, 0.05) is 38.0 Å². The van der Waals surface area contributed by atoms with Gasteiger partial charge in [0.15, 0.2) is 0 Å². The SMILES string of the molecule is COc1ccc(C2(CNC(=O)C3=NN(Cc4ccc(F)cc4)C(=O)CC3)CCOCC2)cc1. The standard InChI is InChI=1S/C25H28FN3O4/c1-32-21-8-4-19(5-9-21)25(12-14-33-15-13-25)17-27-24(31)22-10-11-23(30)29(28-22)16-18-2-6-20(26)7-3-18/h2-9H,10-17H2,1H3,(H,27,31). The minimum absolute atomic E-state index is 0.157. The van der Waals surface area contributed by atoms with Gasteiger partial charge in [-0.1, -0.05) is 24.3 Å². The Bertz CT molecular complexity index is 1010. The van der Waals surface area contributed by atoms with Gasteiger partial charge in [-0.15, -0.1) is 0 Å². The van der Waals surface area contributed by atoms with Crippen LogP contribution in [0.2, 0.25) is 0 Å². The van der Waals surface area contributed by atoms with Gasteiger partial charge >= 0.3 is 0 Å². The summed E-state index contributed by atoms with van der Waals surface area (Å²) in [6, 6.07) is 13.8. The largest absolute Gasteiger partial charge is 0.497 e. The van der Waals surface area contributed by atoms with Crippen LogP contribution >= 0.6 is 0 Å². The Kier molecular flexibility index (Phi) is 7.03. The van der Waals surface area contributed by atoms with Crippen LogP contribution in [0.25, 0.3) is 0 Å². The minimum atomic E-state index is -0.341. The molecule has 0 spiro atoms. The van der Waals surface area contributed by atoms with Crippen molar-refractivity contribution in [3.05, 3.63) is 65.5 Å². The molecule has 33 heavy (non-hydrogen) atoms. The number of amides is 2. The molecular formula is C25H28FN3O4. The Morgan fingerprint density at radius 2 is 1.82 bits per heavy atom. The summed E-state index contributed by atoms with van der Waals surface area (Å²) in [6.45, 7) is 1.90. The third-order valence-electron chi connectivity index (χ3n) is 6.35. The van der Waals surface area contributed by atoms with E-state index in [9.17, 15) is 14.0 Å². The van der Waals surface area contributed by atoms with Crippen LogP contribution in [0.5, 0.6) is 5.75 Å². The second kappa shape index (κ2) is 10.1. The molecule has 2 aliphatic heterocycles. The van der Waals surface area contributed by atoms with E-state index in [0.29, 0.717) is 31.9 Å². The molecule has 2 aliphatic rings. The van der Waals surface area contributed by atoms with Crippen LogP contribution in [-0.2, 0) is 26.3 Å². The highest BCUT2D eigenvalue weighted by Crippen LogP contribution is 2.35. The van der Waals surface area contributed by atoms with Gasteiger partial charge in [0.25, 0.3) is 5.91 Å². The van der Waals surface area contributed by atoms with Gasteiger partial charge in [-0.3, -0.25) is 9.59 Å². The molecule has 4 rings (SSSR count). The highest BCUT2D eigenvalue weighted by molar-refractivity contribution is 6.39. The Morgan fingerprint density at radius 3 is 2.48 bits per heavy atom. The molecule has 0 unspecified atom stereocenters. The highest BCUT2D eigenvalue weighted by Gasteiger charge is 2.35. The monoisotopic (exact) mass is 453 g/mol. The number of hydrazone groups is 1. The van der Waals surface area contributed by atoms with Crippen molar-refractivity contribution in [2.75, 3.05) is 26.9 Å². The first-order valence-corrected chi connectivity index (χ1v) is 11.1. The van der Waals surface area contributed by atoms with Crippen LogP contribution in [0, 0.1) is 5.82 Å². The number of methoxy groups -OCH3 is 1. The van der Waals surface area contributed by atoms with Crippen molar-refractivity contribution < 1.29 is 23.5 Å². The number of ether oxygens (including phenoxy) is 2. The lowest BCUT2D eigenvalue weighted by Crippen LogP contribution is -2.47. The molecule has 2 amide bonds. The molecule has 0 atom stereocenters. The minimum Gasteiger partial charge on any atom is -0.497 e. The van der Waals surface area contributed by atoms with Crippen LogP contribution < -0.4 is 10.1 Å². The number of rotatable bonds is 7. The third kappa shape index (κ3) is 5.39. The fourth-order valence-electron chi connectivity index (χ4n) is 4.28. The molecule has 1 N–H and O–H groups in total. The van der Waals surface area contributed by atoms with E-state index >= 15 is 0 Å². The van der Waals surface area contributed by atoms with E-state index in [4.69, 9.17) is 9.47 Å². The smallest absolute Gasteiger partial charge is 0.267 e. The van der Waals surface area contributed by atoms with E-state index in [2.05, 4.69) is 10.4 Å². The van der Waals surface area contributed by atoms with Crippen molar-refractivity contribution >= 4 is 17.5 Å². The summed E-state index contributed by atoms with van der Waals surface area (Å²) in [4.78, 5) is 25.3. The molecule has 174 valence electrons. The lowest BCUT2D eigenvalue weighted by atomic mass is 9.74. The number of nitrogens with one attached hydrogen (secondary N) is 1. The van der Waals surface area contributed by atoms with Gasteiger partial charge in [-0.25, -0.2) is 9.40 Å². The van der Waals surface area contributed by atoms with Crippen LogP contribution in [0.15, 0.2) is 53.6 Å². The second-order valence-corrected chi connectivity index (χ2v) is 8.43. The highest BCUT2D eigenvalue weighted by atomic mass is 19.1. The van der Waals surface area contributed by atoms with E-state index in [1.165, 1.54) is 17.1 Å². The number of carbonyl (C=O) groups excluding carboxylic acids is 2. The van der Waals surface area contributed by atoms with E-state index < -0.39 is 0 Å². The molecule has 0 saturated carbocycles. The average molecular weight is 454 g/mol. The van der Waals surface area contributed by atoms with Crippen molar-refractivity contribution in [1.82, 2.24) is 10.3 Å². The number of halogens is 1. The first-order chi connectivity index (χ1) is 16.0. The van der Waals surface area contributed by atoms with Gasteiger partial charge in [0.05, 0.1) is 13.7 Å². The summed E-state index contributed by atoms with van der Waals surface area (Å²) in [7, 11) is 1.63. The Morgan fingerprint density at radius 1 is 1.12 bits per heavy atom. The second-order valence-electron chi connectivity index (χ2n) is 8.43. The fraction of sp³-hybridized carbons (Fsp3) is 0.400. The summed E-state index contributed by atoms with van der Waals surface area (Å²) in [5.41, 5.74) is 1.97. The summed E-state index contributed by atoms with van der Waals surface area (Å²) in [6.07, 6.45) is 2.09. The number of hydrogen-bond donors (Lipinski definition) is 1. The summed E-state index contributed by atoms with van der Waals surface area (Å²) in [5.74, 6) is 0.0136. The van der Waals surface area contributed by atoms with Crippen molar-refractivity contribution in [2.45, 2.75) is 37.6 Å². The van der Waals surface area contributed by atoms with Gasteiger partial charge in [-0.2, -0.15) is 5.10 Å². The van der Waals surface area contributed by atoms with Gasteiger partial charge in [0.2, 0.25) is 5.91 Å². The maximum absolute atomic E-state index is 13.2. The van der Waals surface area contributed by atoms with Crippen LogP contribution in [-0.4, -0.2) is 49.4 Å². The fourth-order valence-corrected chi connectivity index (χ4v) is 4.28. The molecule has 2 aromatic rings. The molecular weight excluding hydrogens is 425 g/mol. The number of hydrogen-bond acceptors (Lipinski definition) is 5. The maximum Gasteiger partial charge on any atom is 0.267 e. The van der Waals surface area contributed by atoms with Crippen LogP contribution in [0.1, 0.15) is 36.8 Å². The molecule has 0 aliphatic carbocycles. The first kappa shape index (κ1) is 22.9. The first-order valence-electron chi connectivity index (χ1n) is 11.1. The van der Waals surface area contributed by atoms with Crippen molar-refractivity contribution in [2.24, 2.45) is 5.10 Å². The van der Waals surface area contributed by atoms with Crippen LogP contribution in [0.4, 0.5) is 4.39 Å². The summed E-state index contributed by atoms with van der Waals surface area (Å²) < 4.78 is 24.0. The lowest BCUT2D eigenvalue weighted by molar-refractivity contribution is -0.132. The Labute approximate surface area is 192 Å². The molecule has 1 saturated heterocycles. The van der Waals surface area contributed by atoms with E-state index in [-0.39, 0.29) is 36.0 Å². The van der Waals surface area contributed by atoms with Gasteiger partial charge in [-0.05, 0) is 48.2 Å². The van der Waals surface area contributed by atoms with E-state index in [1.54, 1.807) is 19.2 Å². The average Bonchev–Trinajstić information content (AvgIpc) is 2.86. The molecule has 0 radical (unpaired) electrons.